The number of likely N-dealkylation sites (N-methyl/N-ethyl adjacent to an activating group) is 1. The summed E-state index contributed by atoms with van der Waals surface area (Å²) in [6, 6.07) is 9.07. The van der Waals surface area contributed by atoms with E-state index in [4.69, 9.17) is 4.74 Å². The predicted octanol–water partition coefficient (Wildman–Crippen LogP) is 3.17. The number of fused-ring (bicyclic) bond motifs is 1. The van der Waals surface area contributed by atoms with Gasteiger partial charge >= 0.3 is 0 Å². The quantitative estimate of drug-likeness (QED) is 0.686. The van der Waals surface area contributed by atoms with Crippen molar-refractivity contribution in [3.8, 4) is 5.75 Å². The van der Waals surface area contributed by atoms with E-state index in [0.717, 1.165) is 4.47 Å². The van der Waals surface area contributed by atoms with Crippen LogP contribution < -0.4 is 10.3 Å². The Morgan fingerprint density at radius 1 is 1.36 bits per heavy atom. The molecule has 0 aliphatic rings. The molecule has 1 amide bonds. The van der Waals surface area contributed by atoms with Crippen molar-refractivity contribution in [2.24, 2.45) is 0 Å². The second-order valence-electron chi connectivity index (χ2n) is 5.56. The lowest BCUT2D eigenvalue weighted by atomic mass is 10.3. The van der Waals surface area contributed by atoms with Crippen molar-refractivity contribution in [1.29, 1.82) is 0 Å². The van der Waals surface area contributed by atoms with E-state index in [1.165, 1.54) is 16.2 Å². The lowest BCUT2D eigenvalue weighted by Crippen LogP contribution is -2.38. The molecule has 3 aromatic rings. The lowest BCUT2D eigenvalue weighted by molar-refractivity contribution is -0.137. The smallest absolute Gasteiger partial charge is 0.268 e. The van der Waals surface area contributed by atoms with Crippen LogP contribution in [0.3, 0.4) is 0 Å². The van der Waals surface area contributed by atoms with E-state index in [1.807, 2.05) is 17.5 Å². The van der Waals surface area contributed by atoms with Crippen molar-refractivity contribution in [2.75, 3.05) is 7.05 Å². The summed E-state index contributed by atoms with van der Waals surface area (Å²) in [6.07, 6.45) is -0.650. The summed E-state index contributed by atoms with van der Waals surface area (Å²) in [4.78, 5) is 33.1. The molecule has 0 radical (unpaired) electrons. The fourth-order valence-electron chi connectivity index (χ4n) is 2.38. The number of benzene rings is 1. The number of amides is 1. The van der Waals surface area contributed by atoms with Crippen molar-refractivity contribution in [2.45, 2.75) is 19.6 Å². The third kappa shape index (κ3) is 4.08. The van der Waals surface area contributed by atoms with Gasteiger partial charge in [0.25, 0.3) is 11.5 Å². The van der Waals surface area contributed by atoms with Crippen molar-refractivity contribution >= 4 is 43.4 Å². The van der Waals surface area contributed by atoms with E-state index < -0.39 is 6.10 Å². The number of carbonyl (C=O) groups excluding carboxylic acids is 1. The molecule has 0 bridgehead atoms. The molecule has 130 valence electrons. The molecule has 3 rings (SSSR count). The zero-order valence-electron chi connectivity index (χ0n) is 13.7. The Morgan fingerprint density at radius 3 is 2.80 bits per heavy atom. The molecule has 0 aliphatic carbocycles. The van der Waals surface area contributed by atoms with Gasteiger partial charge < -0.3 is 14.6 Å². The van der Waals surface area contributed by atoms with Crippen LogP contribution in [0.5, 0.6) is 5.75 Å². The van der Waals surface area contributed by atoms with Crippen molar-refractivity contribution < 1.29 is 9.53 Å². The number of hydrogen-bond donors (Lipinski definition) is 1. The van der Waals surface area contributed by atoms with Crippen LogP contribution in [-0.2, 0) is 11.3 Å². The van der Waals surface area contributed by atoms with E-state index in [2.05, 4.69) is 25.9 Å². The lowest BCUT2D eigenvalue weighted by Gasteiger charge is -2.21. The van der Waals surface area contributed by atoms with Gasteiger partial charge in [-0.05, 0) is 42.6 Å². The molecule has 25 heavy (non-hydrogen) atoms. The maximum atomic E-state index is 12.5. The number of nitrogens with one attached hydrogen (secondary N) is 1. The monoisotopic (exact) mass is 421 g/mol. The largest absolute Gasteiger partial charge is 0.481 e. The average molecular weight is 422 g/mol. The Hall–Kier alpha value is -2.19. The minimum Gasteiger partial charge on any atom is -0.481 e. The van der Waals surface area contributed by atoms with Gasteiger partial charge in [-0.25, -0.2) is 4.98 Å². The maximum absolute atomic E-state index is 12.5. The minimum atomic E-state index is -0.650. The van der Waals surface area contributed by atoms with Crippen molar-refractivity contribution in [3.05, 3.63) is 56.4 Å². The van der Waals surface area contributed by atoms with E-state index in [9.17, 15) is 9.59 Å². The fourth-order valence-corrected chi connectivity index (χ4v) is 3.37. The van der Waals surface area contributed by atoms with Crippen LogP contribution in [0.25, 0.3) is 10.2 Å². The number of aromatic amines is 1. The van der Waals surface area contributed by atoms with Gasteiger partial charge in [-0.3, -0.25) is 9.59 Å². The Morgan fingerprint density at radius 2 is 2.08 bits per heavy atom. The van der Waals surface area contributed by atoms with Gasteiger partial charge in [-0.2, -0.15) is 0 Å². The number of halogens is 1. The molecule has 1 N–H and O–H groups in total. The van der Waals surface area contributed by atoms with Crippen molar-refractivity contribution in [1.82, 2.24) is 14.9 Å². The van der Waals surface area contributed by atoms with E-state index in [1.54, 1.807) is 32.2 Å². The highest BCUT2D eigenvalue weighted by Crippen LogP contribution is 2.18. The number of rotatable bonds is 5. The van der Waals surface area contributed by atoms with E-state index in [-0.39, 0.29) is 18.0 Å². The number of nitrogens with zero attached hydrogens (tertiary/aromatic N) is 2. The predicted molar refractivity (Wildman–Crippen MR) is 101 cm³/mol. The molecule has 8 heteroatoms. The maximum Gasteiger partial charge on any atom is 0.268 e. The molecule has 6 nitrogen and oxygen atoms in total. The highest BCUT2D eigenvalue weighted by Gasteiger charge is 2.20. The third-order valence-corrected chi connectivity index (χ3v) is 5.03. The summed E-state index contributed by atoms with van der Waals surface area (Å²) in [5.41, 5.74) is 0.457. The molecule has 0 saturated carbocycles. The summed E-state index contributed by atoms with van der Waals surface area (Å²) in [5, 5.41) is 1.82. The molecular formula is C17H16BrN3O3S. The molecule has 1 aromatic carbocycles. The second kappa shape index (κ2) is 7.37. The Kier molecular flexibility index (Phi) is 5.19. The van der Waals surface area contributed by atoms with Crippen molar-refractivity contribution in [3.63, 3.8) is 0 Å². The summed E-state index contributed by atoms with van der Waals surface area (Å²) < 4.78 is 7.20. The molecule has 0 spiro atoms. The molecule has 2 aromatic heterocycles. The zero-order valence-corrected chi connectivity index (χ0v) is 16.1. The molecule has 0 fully saturated rings. The topological polar surface area (TPSA) is 75.3 Å². The van der Waals surface area contributed by atoms with Crippen LogP contribution >= 0.6 is 27.3 Å². The zero-order chi connectivity index (χ0) is 18.0. The van der Waals surface area contributed by atoms with Crippen LogP contribution in [-0.4, -0.2) is 33.9 Å². The summed E-state index contributed by atoms with van der Waals surface area (Å²) in [6.45, 7) is 1.90. The van der Waals surface area contributed by atoms with E-state index in [0.29, 0.717) is 21.8 Å². The highest BCUT2D eigenvalue weighted by molar-refractivity contribution is 9.10. The Labute approximate surface area is 156 Å². The molecule has 0 unspecified atom stereocenters. The van der Waals surface area contributed by atoms with Gasteiger partial charge in [0.2, 0.25) is 0 Å². The normalized spacial score (nSPS) is 12.1. The summed E-state index contributed by atoms with van der Waals surface area (Å²) in [5.74, 6) is 0.863. The molecule has 2 heterocycles. The number of carbonyl (C=O) groups is 1. The first-order valence-corrected chi connectivity index (χ1v) is 9.25. The van der Waals surface area contributed by atoms with Gasteiger partial charge in [0.1, 0.15) is 16.3 Å². The number of ether oxygens (including phenoxy) is 1. The Balaban J connectivity index is 1.68. The van der Waals surface area contributed by atoms with Gasteiger partial charge in [-0.15, -0.1) is 11.3 Å². The number of aromatic nitrogens is 2. The standard InChI is InChI=1S/C17H16BrN3O3S/c1-10(24-12-5-3-11(18)4-6-12)17(23)21(2)9-14-19-13-7-8-25-15(13)16(22)20-14/h3-8,10H,9H2,1-2H3,(H,19,20,22)/t10-/m0/s1. The first kappa shape index (κ1) is 17.6. The fraction of sp³-hybridized carbons (Fsp3) is 0.235. The first-order chi connectivity index (χ1) is 11.9. The number of H-pyrrole nitrogens is 1. The van der Waals surface area contributed by atoms with E-state index >= 15 is 0 Å². The van der Waals surface area contributed by atoms with Crippen LogP contribution in [0, 0.1) is 0 Å². The average Bonchev–Trinajstić information content (AvgIpc) is 3.05. The summed E-state index contributed by atoms with van der Waals surface area (Å²) in [7, 11) is 1.65. The highest BCUT2D eigenvalue weighted by atomic mass is 79.9. The van der Waals surface area contributed by atoms with Crippen LogP contribution in [0.15, 0.2) is 45.0 Å². The molecular weight excluding hydrogens is 406 g/mol. The number of hydrogen-bond acceptors (Lipinski definition) is 5. The van der Waals surface area contributed by atoms with Gasteiger partial charge in [0.15, 0.2) is 6.10 Å². The molecule has 0 saturated heterocycles. The van der Waals surface area contributed by atoms with Gasteiger partial charge in [-0.1, -0.05) is 15.9 Å². The van der Waals surface area contributed by atoms with Crippen LogP contribution in [0.2, 0.25) is 0 Å². The molecule has 0 aliphatic heterocycles. The van der Waals surface area contributed by atoms with Crippen LogP contribution in [0.1, 0.15) is 12.7 Å². The third-order valence-electron chi connectivity index (χ3n) is 3.60. The number of thiophene rings is 1. The Bertz CT molecular complexity index is 952. The second-order valence-corrected chi connectivity index (χ2v) is 7.39. The minimum absolute atomic E-state index is 0.185. The summed E-state index contributed by atoms with van der Waals surface area (Å²) >= 11 is 4.70. The van der Waals surface area contributed by atoms with Crippen LogP contribution in [0.4, 0.5) is 0 Å². The first-order valence-electron chi connectivity index (χ1n) is 7.57. The van der Waals surface area contributed by atoms with Gasteiger partial charge in [0, 0.05) is 11.5 Å². The van der Waals surface area contributed by atoms with Gasteiger partial charge in [0.05, 0.1) is 12.1 Å². The molecule has 1 atom stereocenters. The SMILES string of the molecule is C[C@H](Oc1ccc(Br)cc1)C(=O)N(C)Cc1nc2ccsc2c(=O)[nH]1.